The molecule has 1 N–H and O–H groups in total. The Balaban J connectivity index is 1.38. The normalized spacial score (nSPS) is 14.8. The Bertz CT molecular complexity index is 1000. The Kier molecular flexibility index (Phi) is 5.06. The van der Waals surface area contributed by atoms with E-state index in [-0.39, 0.29) is 23.5 Å². The first-order chi connectivity index (χ1) is 13.6. The van der Waals surface area contributed by atoms with Crippen molar-refractivity contribution in [1.29, 1.82) is 0 Å². The Morgan fingerprint density at radius 1 is 0.893 bits per heavy atom. The Labute approximate surface area is 163 Å². The maximum Gasteiger partial charge on any atom is 0.253 e. The second-order valence-corrected chi connectivity index (χ2v) is 7.09. The van der Waals surface area contributed by atoms with Gasteiger partial charge in [0.2, 0.25) is 5.91 Å². The Hall–Kier alpha value is -3.21. The SMILES string of the molecule is O=C(Nc1cccc2ccccc12)C1CCN(C(=O)c2ccc(F)cc2)CC1. The minimum Gasteiger partial charge on any atom is -0.339 e. The van der Waals surface area contributed by atoms with Gasteiger partial charge in [-0.1, -0.05) is 36.4 Å². The van der Waals surface area contributed by atoms with E-state index in [0.717, 1.165) is 16.5 Å². The second-order valence-electron chi connectivity index (χ2n) is 7.09. The molecule has 0 saturated carbocycles. The lowest BCUT2D eigenvalue weighted by Crippen LogP contribution is -2.41. The molecule has 3 aromatic rings. The van der Waals surface area contributed by atoms with E-state index in [4.69, 9.17) is 0 Å². The number of nitrogens with one attached hydrogen (secondary N) is 1. The molecule has 0 aliphatic carbocycles. The first-order valence-electron chi connectivity index (χ1n) is 9.45. The van der Waals surface area contributed by atoms with Crippen molar-refractivity contribution in [3.8, 4) is 0 Å². The van der Waals surface area contributed by atoms with Gasteiger partial charge in [0.1, 0.15) is 5.82 Å². The second kappa shape index (κ2) is 7.80. The van der Waals surface area contributed by atoms with E-state index in [1.54, 1.807) is 4.90 Å². The number of likely N-dealkylation sites (tertiary alicyclic amines) is 1. The standard InChI is InChI=1S/C23H21FN2O2/c24-19-10-8-18(9-11-19)23(28)26-14-12-17(13-15-26)22(27)25-21-7-3-5-16-4-1-2-6-20(16)21/h1-11,17H,12-15H2,(H,25,27). The minimum absolute atomic E-state index is 0.00904. The van der Waals surface area contributed by atoms with Crippen LogP contribution in [0.1, 0.15) is 23.2 Å². The van der Waals surface area contributed by atoms with Gasteiger partial charge in [0, 0.05) is 35.6 Å². The molecule has 2 amide bonds. The first kappa shape index (κ1) is 18.2. The average Bonchev–Trinajstić information content (AvgIpc) is 2.74. The molecule has 0 bridgehead atoms. The average molecular weight is 376 g/mol. The van der Waals surface area contributed by atoms with Gasteiger partial charge in [-0.15, -0.1) is 0 Å². The van der Waals surface area contributed by atoms with Gasteiger partial charge in [-0.3, -0.25) is 9.59 Å². The van der Waals surface area contributed by atoms with Gasteiger partial charge < -0.3 is 10.2 Å². The van der Waals surface area contributed by atoms with Crippen LogP contribution in [0.25, 0.3) is 10.8 Å². The number of hydrogen-bond acceptors (Lipinski definition) is 2. The van der Waals surface area contributed by atoms with Gasteiger partial charge in [-0.25, -0.2) is 4.39 Å². The van der Waals surface area contributed by atoms with Crippen LogP contribution in [0.5, 0.6) is 0 Å². The number of halogens is 1. The predicted molar refractivity (Wildman–Crippen MR) is 108 cm³/mol. The lowest BCUT2D eigenvalue weighted by Gasteiger charge is -2.31. The predicted octanol–water partition coefficient (Wildman–Crippen LogP) is 4.47. The highest BCUT2D eigenvalue weighted by molar-refractivity contribution is 6.03. The van der Waals surface area contributed by atoms with Crippen LogP contribution in [0, 0.1) is 11.7 Å². The number of carbonyl (C=O) groups is 2. The van der Waals surface area contributed by atoms with Gasteiger partial charge in [0.25, 0.3) is 5.91 Å². The summed E-state index contributed by atoms with van der Waals surface area (Å²) in [6.45, 7) is 1.04. The van der Waals surface area contributed by atoms with E-state index >= 15 is 0 Å². The summed E-state index contributed by atoms with van der Waals surface area (Å²) in [5.74, 6) is -0.616. The number of hydrogen-bond donors (Lipinski definition) is 1. The third-order valence-corrected chi connectivity index (χ3v) is 5.29. The van der Waals surface area contributed by atoms with Gasteiger partial charge in [0.05, 0.1) is 0 Å². The van der Waals surface area contributed by atoms with Crippen LogP contribution in [-0.4, -0.2) is 29.8 Å². The summed E-state index contributed by atoms with van der Waals surface area (Å²) in [6.07, 6.45) is 1.23. The molecule has 1 heterocycles. The van der Waals surface area contributed by atoms with Gasteiger partial charge in [-0.05, 0) is 48.6 Å². The number of nitrogens with zero attached hydrogens (tertiary/aromatic N) is 1. The maximum absolute atomic E-state index is 13.0. The fourth-order valence-electron chi connectivity index (χ4n) is 3.69. The van der Waals surface area contributed by atoms with Crippen molar-refractivity contribution >= 4 is 28.3 Å². The third kappa shape index (κ3) is 3.74. The van der Waals surface area contributed by atoms with Crippen molar-refractivity contribution in [1.82, 2.24) is 4.90 Å². The lowest BCUT2D eigenvalue weighted by molar-refractivity contribution is -0.121. The number of amides is 2. The molecule has 5 heteroatoms. The summed E-state index contributed by atoms with van der Waals surface area (Å²) in [6, 6.07) is 19.4. The number of piperidine rings is 1. The van der Waals surface area contributed by atoms with Crippen LogP contribution in [0.4, 0.5) is 10.1 Å². The molecule has 1 fully saturated rings. The quantitative estimate of drug-likeness (QED) is 0.733. The van der Waals surface area contributed by atoms with Gasteiger partial charge >= 0.3 is 0 Å². The van der Waals surface area contributed by atoms with Gasteiger partial charge in [0.15, 0.2) is 0 Å². The highest BCUT2D eigenvalue weighted by Crippen LogP contribution is 2.26. The molecule has 1 aliphatic heterocycles. The van der Waals surface area contributed by atoms with E-state index < -0.39 is 0 Å². The highest BCUT2D eigenvalue weighted by atomic mass is 19.1. The maximum atomic E-state index is 13.0. The fraction of sp³-hybridized carbons (Fsp3) is 0.217. The van der Waals surface area contributed by atoms with Crippen LogP contribution in [-0.2, 0) is 4.79 Å². The number of fused-ring (bicyclic) bond motifs is 1. The van der Waals surface area contributed by atoms with Crippen LogP contribution >= 0.6 is 0 Å². The number of benzene rings is 3. The summed E-state index contributed by atoms with van der Waals surface area (Å²) in [4.78, 5) is 27.0. The molecule has 0 radical (unpaired) electrons. The van der Waals surface area contributed by atoms with Crippen LogP contribution in [0.2, 0.25) is 0 Å². The topological polar surface area (TPSA) is 49.4 Å². The molecule has 0 aromatic heterocycles. The summed E-state index contributed by atoms with van der Waals surface area (Å²) in [7, 11) is 0. The Morgan fingerprint density at radius 3 is 2.32 bits per heavy atom. The molecule has 0 atom stereocenters. The summed E-state index contributed by atoms with van der Waals surface area (Å²) in [5, 5.41) is 5.15. The molecule has 0 spiro atoms. The smallest absolute Gasteiger partial charge is 0.253 e. The molecule has 28 heavy (non-hydrogen) atoms. The molecular weight excluding hydrogens is 355 g/mol. The van der Waals surface area contributed by atoms with Crippen LogP contribution in [0.15, 0.2) is 66.7 Å². The molecule has 4 nitrogen and oxygen atoms in total. The fourth-order valence-corrected chi connectivity index (χ4v) is 3.69. The van der Waals surface area contributed by atoms with Crippen molar-refractivity contribution in [2.45, 2.75) is 12.8 Å². The molecule has 1 saturated heterocycles. The monoisotopic (exact) mass is 376 g/mol. The van der Waals surface area contributed by atoms with Crippen molar-refractivity contribution in [2.75, 3.05) is 18.4 Å². The zero-order valence-electron chi connectivity index (χ0n) is 15.4. The van der Waals surface area contributed by atoms with E-state index in [2.05, 4.69) is 5.32 Å². The van der Waals surface area contributed by atoms with Gasteiger partial charge in [-0.2, -0.15) is 0 Å². The zero-order chi connectivity index (χ0) is 19.5. The number of carbonyl (C=O) groups excluding carboxylic acids is 2. The van der Waals surface area contributed by atoms with Crippen molar-refractivity contribution < 1.29 is 14.0 Å². The number of rotatable bonds is 3. The summed E-state index contributed by atoms with van der Waals surface area (Å²) < 4.78 is 13.0. The highest BCUT2D eigenvalue weighted by Gasteiger charge is 2.28. The molecule has 0 unspecified atom stereocenters. The molecule has 4 rings (SSSR count). The molecular formula is C23H21FN2O2. The van der Waals surface area contributed by atoms with Crippen LogP contribution in [0.3, 0.4) is 0 Å². The first-order valence-corrected chi connectivity index (χ1v) is 9.45. The van der Waals surface area contributed by atoms with Crippen LogP contribution < -0.4 is 5.32 Å². The Morgan fingerprint density at radius 2 is 1.57 bits per heavy atom. The molecule has 1 aliphatic rings. The molecule has 142 valence electrons. The van der Waals surface area contributed by atoms with Crippen molar-refractivity contribution in [3.63, 3.8) is 0 Å². The largest absolute Gasteiger partial charge is 0.339 e. The van der Waals surface area contributed by atoms with Crippen molar-refractivity contribution in [3.05, 3.63) is 78.1 Å². The lowest BCUT2D eigenvalue weighted by atomic mass is 9.95. The third-order valence-electron chi connectivity index (χ3n) is 5.29. The van der Waals surface area contributed by atoms with E-state index in [1.807, 2.05) is 42.5 Å². The van der Waals surface area contributed by atoms with E-state index in [1.165, 1.54) is 24.3 Å². The minimum atomic E-state index is -0.361. The van der Waals surface area contributed by atoms with E-state index in [9.17, 15) is 14.0 Å². The molecule has 3 aromatic carbocycles. The summed E-state index contributed by atoms with van der Waals surface area (Å²) in [5.41, 5.74) is 1.29. The summed E-state index contributed by atoms with van der Waals surface area (Å²) >= 11 is 0. The van der Waals surface area contributed by atoms with Crippen molar-refractivity contribution in [2.24, 2.45) is 5.92 Å². The number of anilines is 1. The van der Waals surface area contributed by atoms with E-state index in [0.29, 0.717) is 31.5 Å². The zero-order valence-corrected chi connectivity index (χ0v) is 15.4.